The summed E-state index contributed by atoms with van der Waals surface area (Å²) in [5.74, 6) is -0.315. The molecular formula is C12H18N2O2. The predicted molar refractivity (Wildman–Crippen MR) is 62.9 cm³/mol. The minimum Gasteiger partial charge on any atom is -0.463 e. The Labute approximate surface area is 95.9 Å². The molecule has 88 valence electrons. The first-order valence-corrected chi connectivity index (χ1v) is 5.56. The molecule has 0 amide bonds. The molecule has 0 N–H and O–H groups in total. The molecule has 0 aliphatic rings. The van der Waals surface area contributed by atoms with Crippen LogP contribution in [0.1, 0.15) is 31.5 Å². The highest BCUT2D eigenvalue weighted by atomic mass is 16.5. The highest BCUT2D eigenvalue weighted by Crippen LogP contribution is 2.08. The Bertz CT molecular complexity index is 380. The minimum absolute atomic E-state index is 0.315. The van der Waals surface area contributed by atoms with Crippen LogP contribution in [0.3, 0.4) is 0 Å². The Balaban J connectivity index is 2.69. The van der Waals surface area contributed by atoms with Gasteiger partial charge in [0.2, 0.25) is 0 Å². The Kier molecular flexibility index (Phi) is 4.76. The predicted octanol–water partition coefficient (Wildman–Crippen LogP) is 2.18. The van der Waals surface area contributed by atoms with Crippen molar-refractivity contribution in [2.45, 2.75) is 33.7 Å². The maximum Gasteiger partial charge on any atom is 0.330 e. The van der Waals surface area contributed by atoms with Crippen molar-refractivity contribution in [3.8, 4) is 0 Å². The van der Waals surface area contributed by atoms with Gasteiger partial charge < -0.3 is 4.74 Å². The number of ether oxygens (including phenoxy) is 1. The molecule has 1 rings (SSSR count). The molecule has 0 aliphatic carbocycles. The third-order valence-electron chi connectivity index (χ3n) is 2.12. The van der Waals surface area contributed by atoms with Crippen molar-refractivity contribution in [3.63, 3.8) is 0 Å². The van der Waals surface area contributed by atoms with Crippen LogP contribution in [0.25, 0.3) is 6.08 Å². The number of hydrogen-bond donors (Lipinski definition) is 0. The summed E-state index contributed by atoms with van der Waals surface area (Å²) in [5, 5.41) is 4.34. The monoisotopic (exact) mass is 222 g/mol. The fourth-order valence-electron chi connectivity index (χ4n) is 1.39. The summed E-state index contributed by atoms with van der Waals surface area (Å²) in [6.07, 6.45) is 6.16. The van der Waals surface area contributed by atoms with Crippen LogP contribution in [0.15, 0.2) is 12.3 Å². The second kappa shape index (κ2) is 6.10. The van der Waals surface area contributed by atoms with Crippen LogP contribution in [0.4, 0.5) is 0 Å². The molecule has 0 fully saturated rings. The molecule has 4 nitrogen and oxygen atoms in total. The summed E-state index contributed by atoms with van der Waals surface area (Å²) in [6.45, 7) is 7.11. The van der Waals surface area contributed by atoms with Gasteiger partial charge in [-0.05, 0) is 26.3 Å². The molecule has 0 aliphatic heterocycles. The fraction of sp³-hybridized carbons (Fsp3) is 0.500. The second-order valence-electron chi connectivity index (χ2n) is 3.52. The molecule has 0 saturated carbocycles. The van der Waals surface area contributed by atoms with Crippen molar-refractivity contribution in [1.29, 1.82) is 0 Å². The lowest BCUT2D eigenvalue weighted by atomic mass is 10.2. The van der Waals surface area contributed by atoms with E-state index in [0.29, 0.717) is 6.61 Å². The first-order chi connectivity index (χ1) is 7.67. The molecule has 0 radical (unpaired) electrons. The third-order valence-corrected chi connectivity index (χ3v) is 2.12. The number of aryl methyl sites for hydroxylation is 2. The molecule has 4 heteroatoms. The second-order valence-corrected chi connectivity index (χ2v) is 3.52. The SMILES string of the molecule is CCCn1cc(C=CC(=O)OCC)c(C)n1. The Morgan fingerprint density at radius 3 is 2.94 bits per heavy atom. The number of carbonyl (C=O) groups is 1. The van der Waals surface area contributed by atoms with E-state index in [1.54, 1.807) is 13.0 Å². The molecule has 1 heterocycles. The molecule has 1 aromatic heterocycles. The van der Waals surface area contributed by atoms with E-state index >= 15 is 0 Å². The van der Waals surface area contributed by atoms with Crippen LogP contribution >= 0.6 is 0 Å². The average Bonchev–Trinajstić information content (AvgIpc) is 2.57. The summed E-state index contributed by atoms with van der Waals surface area (Å²) < 4.78 is 6.69. The van der Waals surface area contributed by atoms with Gasteiger partial charge in [-0.2, -0.15) is 5.10 Å². The van der Waals surface area contributed by atoms with Gasteiger partial charge in [-0.25, -0.2) is 4.79 Å². The van der Waals surface area contributed by atoms with E-state index in [1.165, 1.54) is 6.08 Å². The van der Waals surface area contributed by atoms with Gasteiger partial charge in [-0.3, -0.25) is 4.68 Å². The summed E-state index contributed by atoms with van der Waals surface area (Å²) in [5.41, 5.74) is 1.88. The average molecular weight is 222 g/mol. The zero-order valence-corrected chi connectivity index (χ0v) is 10.1. The molecule has 0 bridgehead atoms. The van der Waals surface area contributed by atoms with E-state index in [4.69, 9.17) is 4.74 Å². The molecule has 0 spiro atoms. The number of rotatable bonds is 5. The number of nitrogens with zero attached hydrogens (tertiary/aromatic N) is 2. The van der Waals surface area contributed by atoms with Gasteiger partial charge >= 0.3 is 5.97 Å². The van der Waals surface area contributed by atoms with Crippen LogP contribution in [0.5, 0.6) is 0 Å². The Morgan fingerprint density at radius 2 is 2.31 bits per heavy atom. The number of hydrogen-bond acceptors (Lipinski definition) is 3. The summed E-state index contributed by atoms with van der Waals surface area (Å²) in [4.78, 5) is 11.1. The number of carbonyl (C=O) groups excluding carboxylic acids is 1. The highest BCUT2D eigenvalue weighted by Gasteiger charge is 2.02. The smallest absolute Gasteiger partial charge is 0.330 e. The lowest BCUT2D eigenvalue weighted by Crippen LogP contribution is -1.98. The van der Waals surface area contributed by atoms with Gasteiger partial charge in [0.15, 0.2) is 0 Å². The topological polar surface area (TPSA) is 44.1 Å². The first kappa shape index (κ1) is 12.5. The third kappa shape index (κ3) is 3.53. The highest BCUT2D eigenvalue weighted by molar-refractivity contribution is 5.87. The van der Waals surface area contributed by atoms with E-state index in [9.17, 15) is 4.79 Å². The number of aromatic nitrogens is 2. The van der Waals surface area contributed by atoms with Gasteiger partial charge in [0.05, 0.1) is 12.3 Å². The van der Waals surface area contributed by atoms with E-state index in [0.717, 1.165) is 24.2 Å². The molecule has 0 unspecified atom stereocenters. The largest absolute Gasteiger partial charge is 0.463 e. The Morgan fingerprint density at radius 1 is 1.56 bits per heavy atom. The van der Waals surface area contributed by atoms with Crippen LogP contribution in [0.2, 0.25) is 0 Å². The molecule has 0 aromatic carbocycles. The van der Waals surface area contributed by atoms with Crippen molar-refractivity contribution in [1.82, 2.24) is 9.78 Å². The minimum atomic E-state index is -0.315. The van der Waals surface area contributed by atoms with Gasteiger partial charge in [0.25, 0.3) is 0 Å². The zero-order chi connectivity index (χ0) is 12.0. The normalized spacial score (nSPS) is 10.9. The van der Waals surface area contributed by atoms with Crippen molar-refractivity contribution < 1.29 is 9.53 Å². The zero-order valence-electron chi connectivity index (χ0n) is 10.1. The molecule has 0 saturated heterocycles. The van der Waals surface area contributed by atoms with Crippen LogP contribution in [-0.2, 0) is 16.1 Å². The first-order valence-electron chi connectivity index (χ1n) is 5.56. The van der Waals surface area contributed by atoms with Gasteiger partial charge in [-0.1, -0.05) is 6.92 Å². The van der Waals surface area contributed by atoms with Crippen molar-refractivity contribution >= 4 is 12.0 Å². The number of esters is 1. The summed E-state index contributed by atoms with van der Waals surface area (Å²) in [7, 11) is 0. The van der Waals surface area contributed by atoms with Crippen molar-refractivity contribution in [2.24, 2.45) is 0 Å². The van der Waals surface area contributed by atoms with Crippen LogP contribution < -0.4 is 0 Å². The van der Waals surface area contributed by atoms with E-state index in [1.807, 2.05) is 17.8 Å². The van der Waals surface area contributed by atoms with Gasteiger partial charge in [-0.15, -0.1) is 0 Å². The van der Waals surface area contributed by atoms with Gasteiger partial charge in [0, 0.05) is 24.4 Å². The lowest BCUT2D eigenvalue weighted by molar-refractivity contribution is -0.137. The fourth-order valence-corrected chi connectivity index (χ4v) is 1.39. The molecular weight excluding hydrogens is 204 g/mol. The standard InChI is InChI=1S/C12H18N2O2/c1-4-8-14-9-11(10(3)13-14)6-7-12(15)16-5-2/h6-7,9H,4-5,8H2,1-3H3. The van der Waals surface area contributed by atoms with E-state index < -0.39 is 0 Å². The maximum absolute atomic E-state index is 11.1. The van der Waals surface area contributed by atoms with Crippen LogP contribution in [-0.4, -0.2) is 22.4 Å². The summed E-state index contributed by atoms with van der Waals surface area (Å²) in [6, 6.07) is 0. The van der Waals surface area contributed by atoms with Crippen molar-refractivity contribution in [3.05, 3.63) is 23.5 Å². The molecule has 0 atom stereocenters. The molecule has 16 heavy (non-hydrogen) atoms. The van der Waals surface area contributed by atoms with Crippen molar-refractivity contribution in [2.75, 3.05) is 6.61 Å². The maximum atomic E-state index is 11.1. The van der Waals surface area contributed by atoms with E-state index in [-0.39, 0.29) is 5.97 Å². The molecule has 1 aromatic rings. The van der Waals surface area contributed by atoms with Gasteiger partial charge in [0.1, 0.15) is 0 Å². The summed E-state index contributed by atoms with van der Waals surface area (Å²) >= 11 is 0. The lowest BCUT2D eigenvalue weighted by Gasteiger charge is -1.94. The van der Waals surface area contributed by atoms with E-state index in [2.05, 4.69) is 12.0 Å². The Hall–Kier alpha value is -1.58. The van der Waals surface area contributed by atoms with Crippen LogP contribution in [0, 0.1) is 6.92 Å². The quantitative estimate of drug-likeness (QED) is 0.566.